The van der Waals surface area contributed by atoms with Gasteiger partial charge in [-0.25, -0.2) is 0 Å². The third-order valence-corrected chi connectivity index (χ3v) is 2.12. The number of hydrogen-bond acceptors (Lipinski definition) is 1. The molecule has 1 aromatic rings. The first kappa shape index (κ1) is 9.85. The second kappa shape index (κ2) is 4.70. The average Bonchev–Trinajstić information content (AvgIpc) is 2.18. The zero-order valence-corrected chi connectivity index (χ0v) is 8.59. The lowest BCUT2D eigenvalue weighted by Gasteiger charge is -2.02. The molecule has 0 bridgehead atoms. The van der Waals surface area contributed by atoms with Crippen LogP contribution in [0.4, 0.5) is 0 Å². The highest BCUT2D eigenvalue weighted by Crippen LogP contribution is 1.81. The minimum absolute atomic E-state index is 0.976. The first-order chi connectivity index (χ1) is 6.29. The van der Waals surface area contributed by atoms with Crippen LogP contribution in [0.1, 0.15) is 20.8 Å². The van der Waals surface area contributed by atoms with E-state index in [0.29, 0.717) is 0 Å². The number of benzene rings is 1. The van der Waals surface area contributed by atoms with Crippen molar-refractivity contribution in [3.8, 4) is 0 Å². The molecule has 0 saturated carbocycles. The molecule has 1 aromatic carbocycles. The van der Waals surface area contributed by atoms with Crippen LogP contribution in [-0.2, 0) is 0 Å². The molecule has 0 heterocycles. The highest BCUT2D eigenvalue weighted by Gasteiger charge is 1.88. The molecule has 13 heavy (non-hydrogen) atoms. The van der Waals surface area contributed by atoms with Crippen LogP contribution in [-0.4, -0.2) is 6.54 Å². The number of rotatable bonds is 2. The molecule has 1 N–H and O–H groups in total. The molecule has 0 atom stereocenters. The molecule has 0 aliphatic rings. The van der Waals surface area contributed by atoms with E-state index < -0.39 is 0 Å². The molecule has 1 heteroatoms. The van der Waals surface area contributed by atoms with Gasteiger partial charge in [-0.2, -0.15) is 0 Å². The highest BCUT2D eigenvalue weighted by molar-refractivity contribution is 5.41. The molecule has 0 fully saturated rings. The third-order valence-electron chi connectivity index (χ3n) is 2.12. The Kier molecular flexibility index (Phi) is 3.56. The molecule has 0 unspecified atom stereocenters. The maximum Gasteiger partial charge on any atom is 0.0154 e. The van der Waals surface area contributed by atoms with Gasteiger partial charge < -0.3 is 5.32 Å². The van der Waals surface area contributed by atoms with Crippen molar-refractivity contribution < 1.29 is 0 Å². The van der Waals surface area contributed by atoms with Gasteiger partial charge in [-0.15, -0.1) is 0 Å². The van der Waals surface area contributed by atoms with Crippen molar-refractivity contribution in [2.45, 2.75) is 20.8 Å². The lowest BCUT2D eigenvalue weighted by Crippen LogP contribution is -2.30. The summed E-state index contributed by atoms with van der Waals surface area (Å²) in [6.07, 6.45) is 2.14. The van der Waals surface area contributed by atoms with E-state index in [1.54, 1.807) is 0 Å². The van der Waals surface area contributed by atoms with Crippen LogP contribution in [0.25, 0.3) is 11.8 Å². The standard InChI is InChI=1S/C12H17N/c1-4-11-8-6-7-9-12(11)10(3)13-5-2/h4,6-9,13H,5H2,1-3H3/b11-4-,12-10+. The van der Waals surface area contributed by atoms with Crippen molar-refractivity contribution in [2.24, 2.45) is 0 Å². The van der Waals surface area contributed by atoms with Gasteiger partial charge in [-0.1, -0.05) is 30.3 Å². The van der Waals surface area contributed by atoms with Gasteiger partial charge in [0.2, 0.25) is 0 Å². The Balaban J connectivity index is 3.35. The van der Waals surface area contributed by atoms with Crippen molar-refractivity contribution in [2.75, 3.05) is 6.54 Å². The van der Waals surface area contributed by atoms with Gasteiger partial charge in [0.15, 0.2) is 0 Å². The van der Waals surface area contributed by atoms with E-state index in [4.69, 9.17) is 0 Å². The molecule has 0 aliphatic carbocycles. The molecular formula is C12H17N. The molecule has 0 radical (unpaired) electrons. The molecule has 1 rings (SSSR count). The zero-order valence-electron chi connectivity index (χ0n) is 8.59. The summed E-state index contributed by atoms with van der Waals surface area (Å²) in [6, 6.07) is 8.42. The smallest absolute Gasteiger partial charge is 0.0154 e. The summed E-state index contributed by atoms with van der Waals surface area (Å²) >= 11 is 0. The van der Waals surface area contributed by atoms with Gasteiger partial charge in [0.1, 0.15) is 0 Å². The molecule has 0 aromatic heterocycles. The Morgan fingerprint density at radius 1 is 1.38 bits per heavy atom. The van der Waals surface area contributed by atoms with E-state index in [-0.39, 0.29) is 0 Å². The Morgan fingerprint density at radius 3 is 2.69 bits per heavy atom. The second-order valence-corrected chi connectivity index (χ2v) is 3.03. The summed E-state index contributed by atoms with van der Waals surface area (Å²) in [5.74, 6) is 0. The van der Waals surface area contributed by atoms with Crippen LogP contribution in [0.2, 0.25) is 0 Å². The van der Waals surface area contributed by atoms with Crippen LogP contribution in [0.15, 0.2) is 24.3 Å². The van der Waals surface area contributed by atoms with Crippen LogP contribution in [0, 0.1) is 0 Å². The summed E-state index contributed by atoms with van der Waals surface area (Å²) in [5, 5.41) is 5.92. The highest BCUT2D eigenvalue weighted by atomic mass is 14.9. The van der Waals surface area contributed by atoms with Gasteiger partial charge in [-0.05, 0) is 31.2 Å². The Bertz CT molecular complexity index is 376. The van der Waals surface area contributed by atoms with E-state index in [0.717, 1.165) is 6.54 Å². The van der Waals surface area contributed by atoms with Crippen LogP contribution >= 0.6 is 0 Å². The van der Waals surface area contributed by atoms with Crippen molar-refractivity contribution in [3.05, 3.63) is 34.7 Å². The zero-order chi connectivity index (χ0) is 9.68. The molecule has 0 saturated heterocycles. The summed E-state index contributed by atoms with van der Waals surface area (Å²) < 4.78 is 0. The Hall–Kier alpha value is -1.24. The fraction of sp³-hybridized carbons (Fsp3) is 0.333. The summed E-state index contributed by atoms with van der Waals surface area (Å²) in [5.41, 5.74) is 1.25. The van der Waals surface area contributed by atoms with Crippen molar-refractivity contribution >= 4 is 11.8 Å². The van der Waals surface area contributed by atoms with Gasteiger partial charge in [-0.3, -0.25) is 0 Å². The molecular weight excluding hydrogens is 158 g/mol. The fourth-order valence-corrected chi connectivity index (χ4v) is 1.45. The number of nitrogens with one attached hydrogen (secondary N) is 1. The van der Waals surface area contributed by atoms with Gasteiger partial charge >= 0.3 is 0 Å². The topological polar surface area (TPSA) is 12.0 Å². The van der Waals surface area contributed by atoms with E-state index >= 15 is 0 Å². The monoisotopic (exact) mass is 175 g/mol. The quantitative estimate of drug-likeness (QED) is 0.713. The normalized spacial score (nSPS) is 14.2. The first-order valence-electron chi connectivity index (χ1n) is 4.75. The minimum atomic E-state index is 0.976. The molecule has 0 amide bonds. The van der Waals surface area contributed by atoms with E-state index in [2.05, 4.69) is 56.4 Å². The van der Waals surface area contributed by atoms with Crippen LogP contribution in [0.5, 0.6) is 0 Å². The predicted octanol–water partition coefficient (Wildman–Crippen LogP) is 1.22. The molecule has 0 spiro atoms. The number of hydrogen-bond donors (Lipinski definition) is 1. The molecule has 1 nitrogen and oxygen atoms in total. The van der Waals surface area contributed by atoms with Gasteiger partial charge in [0.25, 0.3) is 0 Å². The summed E-state index contributed by atoms with van der Waals surface area (Å²) in [4.78, 5) is 0. The Morgan fingerprint density at radius 2 is 2.08 bits per heavy atom. The van der Waals surface area contributed by atoms with Crippen molar-refractivity contribution in [3.63, 3.8) is 0 Å². The fourth-order valence-electron chi connectivity index (χ4n) is 1.45. The lowest BCUT2D eigenvalue weighted by atomic mass is 10.2. The predicted molar refractivity (Wildman–Crippen MR) is 58.6 cm³/mol. The first-order valence-corrected chi connectivity index (χ1v) is 4.75. The minimum Gasteiger partial charge on any atom is -0.388 e. The second-order valence-electron chi connectivity index (χ2n) is 3.03. The van der Waals surface area contributed by atoms with Crippen molar-refractivity contribution in [1.29, 1.82) is 0 Å². The third kappa shape index (κ3) is 2.35. The SMILES string of the molecule is C/C=c1/cccc/c1=C(/C)NCC. The summed E-state index contributed by atoms with van der Waals surface area (Å²) in [7, 11) is 0. The lowest BCUT2D eigenvalue weighted by molar-refractivity contribution is 0.924. The van der Waals surface area contributed by atoms with Gasteiger partial charge in [0, 0.05) is 12.2 Å². The van der Waals surface area contributed by atoms with Gasteiger partial charge in [0.05, 0.1) is 0 Å². The average molecular weight is 175 g/mol. The molecule has 0 aliphatic heterocycles. The van der Waals surface area contributed by atoms with Crippen LogP contribution < -0.4 is 15.8 Å². The van der Waals surface area contributed by atoms with E-state index in [1.165, 1.54) is 16.1 Å². The maximum atomic E-state index is 3.33. The maximum absolute atomic E-state index is 3.33. The Labute approximate surface area is 79.8 Å². The van der Waals surface area contributed by atoms with E-state index in [1.807, 2.05) is 0 Å². The van der Waals surface area contributed by atoms with Crippen molar-refractivity contribution in [1.82, 2.24) is 5.32 Å². The summed E-state index contributed by atoms with van der Waals surface area (Å²) in [6.45, 7) is 7.27. The van der Waals surface area contributed by atoms with E-state index in [9.17, 15) is 0 Å². The molecule has 70 valence electrons. The largest absolute Gasteiger partial charge is 0.388 e. The van der Waals surface area contributed by atoms with Crippen LogP contribution in [0.3, 0.4) is 0 Å².